The van der Waals surface area contributed by atoms with Gasteiger partial charge in [-0.3, -0.25) is 5.84 Å². The van der Waals surface area contributed by atoms with Crippen molar-refractivity contribution in [2.75, 3.05) is 0 Å². The number of nitrogens with one attached hydrogen (secondary N) is 1. The molecule has 2 rings (SSSR count). The highest BCUT2D eigenvalue weighted by molar-refractivity contribution is 5.42. The van der Waals surface area contributed by atoms with Gasteiger partial charge < -0.3 is 4.42 Å². The summed E-state index contributed by atoms with van der Waals surface area (Å²) >= 11 is 0. The van der Waals surface area contributed by atoms with Crippen molar-refractivity contribution in [1.82, 2.24) is 5.43 Å². The zero-order valence-corrected chi connectivity index (χ0v) is 12.0. The Morgan fingerprint density at radius 1 is 1.05 bits per heavy atom. The van der Waals surface area contributed by atoms with Gasteiger partial charge in [0.05, 0.1) is 6.04 Å². The maximum atomic E-state index is 14.3. The van der Waals surface area contributed by atoms with E-state index in [-0.39, 0.29) is 5.56 Å². The highest BCUT2D eigenvalue weighted by atomic mass is 19.1. The second-order valence-electron chi connectivity index (χ2n) is 4.94. The van der Waals surface area contributed by atoms with Gasteiger partial charge in [0.2, 0.25) is 0 Å². The number of furan rings is 1. The molecule has 2 aromatic rings. The number of rotatable bonds is 3. The molecule has 108 valence electrons. The number of benzene rings is 1. The molecule has 0 aliphatic rings. The largest absolute Gasteiger partial charge is 0.466 e. The molecule has 1 aromatic heterocycles. The van der Waals surface area contributed by atoms with Crippen LogP contribution in [-0.2, 0) is 0 Å². The minimum atomic E-state index is -0.785. The molecule has 1 unspecified atom stereocenters. The van der Waals surface area contributed by atoms with Crippen molar-refractivity contribution in [3.8, 4) is 0 Å². The first kappa shape index (κ1) is 14.7. The first-order valence-corrected chi connectivity index (χ1v) is 6.35. The van der Waals surface area contributed by atoms with Crippen LogP contribution < -0.4 is 11.3 Å². The number of halogens is 2. The van der Waals surface area contributed by atoms with E-state index < -0.39 is 17.7 Å². The second-order valence-corrected chi connectivity index (χ2v) is 4.94. The van der Waals surface area contributed by atoms with Crippen LogP contribution in [0.1, 0.15) is 39.8 Å². The topological polar surface area (TPSA) is 51.2 Å². The Balaban J connectivity index is 2.68. The monoisotopic (exact) mass is 280 g/mol. The highest BCUT2D eigenvalue weighted by Gasteiger charge is 2.27. The summed E-state index contributed by atoms with van der Waals surface area (Å²) < 4.78 is 33.9. The standard InChI is InChI=1S/C15H18F2N2O/c1-7-5-6-11(16)13(14(7)17)15(19-18)12-8(2)9(3)20-10(12)4/h5-6,15,19H,18H2,1-4H3. The third-order valence-electron chi connectivity index (χ3n) is 3.68. The lowest BCUT2D eigenvalue weighted by molar-refractivity contribution is 0.481. The van der Waals surface area contributed by atoms with Gasteiger partial charge >= 0.3 is 0 Å². The predicted octanol–water partition coefficient (Wildman–Crippen LogP) is 3.34. The molecule has 0 radical (unpaired) electrons. The average Bonchev–Trinajstić information content (AvgIpc) is 2.65. The molecule has 0 aliphatic carbocycles. The maximum absolute atomic E-state index is 14.3. The van der Waals surface area contributed by atoms with Gasteiger partial charge in [0.1, 0.15) is 23.2 Å². The van der Waals surface area contributed by atoms with Gasteiger partial charge in [0, 0.05) is 11.1 Å². The lowest BCUT2D eigenvalue weighted by Gasteiger charge is -2.19. The zero-order chi connectivity index (χ0) is 15.0. The normalized spacial score (nSPS) is 12.8. The van der Waals surface area contributed by atoms with Gasteiger partial charge in [-0.1, -0.05) is 6.07 Å². The summed E-state index contributed by atoms with van der Waals surface area (Å²) in [6, 6.07) is 1.87. The van der Waals surface area contributed by atoms with Crippen molar-refractivity contribution >= 4 is 0 Å². The number of hydrogen-bond donors (Lipinski definition) is 2. The Labute approximate surface area is 116 Å². The molecule has 0 amide bonds. The van der Waals surface area contributed by atoms with Crippen LogP contribution in [-0.4, -0.2) is 0 Å². The van der Waals surface area contributed by atoms with E-state index in [1.54, 1.807) is 13.8 Å². The Hall–Kier alpha value is -1.72. The van der Waals surface area contributed by atoms with E-state index in [4.69, 9.17) is 10.3 Å². The molecule has 5 heteroatoms. The molecule has 0 spiro atoms. The van der Waals surface area contributed by atoms with Crippen LogP contribution in [0.2, 0.25) is 0 Å². The molecule has 0 saturated heterocycles. The van der Waals surface area contributed by atoms with Crippen LogP contribution in [0.4, 0.5) is 8.78 Å². The van der Waals surface area contributed by atoms with Crippen LogP contribution in [0.15, 0.2) is 16.5 Å². The molecule has 0 bridgehead atoms. The molecule has 1 aromatic carbocycles. The van der Waals surface area contributed by atoms with Gasteiger partial charge in [-0.15, -0.1) is 0 Å². The van der Waals surface area contributed by atoms with Crippen LogP contribution in [0.5, 0.6) is 0 Å². The van der Waals surface area contributed by atoms with Crippen molar-refractivity contribution in [3.63, 3.8) is 0 Å². The van der Waals surface area contributed by atoms with Gasteiger partial charge in [-0.05, 0) is 44.9 Å². The van der Waals surface area contributed by atoms with Gasteiger partial charge in [-0.2, -0.15) is 0 Å². The van der Waals surface area contributed by atoms with E-state index in [0.29, 0.717) is 22.6 Å². The van der Waals surface area contributed by atoms with Crippen LogP contribution in [0.3, 0.4) is 0 Å². The third kappa shape index (κ3) is 2.23. The third-order valence-corrected chi connectivity index (χ3v) is 3.68. The fraction of sp³-hybridized carbons (Fsp3) is 0.333. The molecule has 0 saturated carbocycles. The molecule has 0 aliphatic heterocycles. The first-order chi connectivity index (χ1) is 9.38. The van der Waals surface area contributed by atoms with Crippen molar-refractivity contribution < 1.29 is 13.2 Å². The van der Waals surface area contributed by atoms with E-state index in [0.717, 1.165) is 5.56 Å². The van der Waals surface area contributed by atoms with E-state index in [9.17, 15) is 8.78 Å². The minimum absolute atomic E-state index is 0.0838. The van der Waals surface area contributed by atoms with Crippen molar-refractivity contribution in [1.29, 1.82) is 0 Å². The molecule has 3 N–H and O–H groups in total. The fourth-order valence-corrected chi connectivity index (χ4v) is 2.49. The lowest BCUT2D eigenvalue weighted by Crippen LogP contribution is -2.31. The number of hydrogen-bond acceptors (Lipinski definition) is 3. The molecule has 0 fully saturated rings. The van der Waals surface area contributed by atoms with E-state index in [1.807, 2.05) is 13.8 Å². The Morgan fingerprint density at radius 3 is 2.20 bits per heavy atom. The van der Waals surface area contributed by atoms with E-state index >= 15 is 0 Å². The number of nitrogens with two attached hydrogens (primary N) is 1. The fourth-order valence-electron chi connectivity index (χ4n) is 2.49. The predicted molar refractivity (Wildman–Crippen MR) is 73.2 cm³/mol. The molecule has 1 atom stereocenters. The summed E-state index contributed by atoms with van der Waals surface area (Å²) in [4.78, 5) is 0. The summed E-state index contributed by atoms with van der Waals surface area (Å²) in [6.07, 6.45) is 0. The van der Waals surface area contributed by atoms with Gasteiger partial charge in [0.25, 0.3) is 0 Å². The summed E-state index contributed by atoms with van der Waals surface area (Å²) in [5.41, 5.74) is 4.30. The van der Waals surface area contributed by atoms with E-state index in [2.05, 4.69) is 5.43 Å². The highest BCUT2D eigenvalue weighted by Crippen LogP contribution is 2.34. The van der Waals surface area contributed by atoms with Crippen molar-refractivity contribution in [3.05, 3.63) is 57.5 Å². The average molecular weight is 280 g/mol. The summed E-state index contributed by atoms with van der Waals surface area (Å²) in [6.45, 7) is 7.00. The van der Waals surface area contributed by atoms with Crippen LogP contribution in [0.25, 0.3) is 0 Å². The van der Waals surface area contributed by atoms with Crippen molar-refractivity contribution in [2.45, 2.75) is 33.7 Å². The van der Waals surface area contributed by atoms with Crippen molar-refractivity contribution in [2.24, 2.45) is 5.84 Å². The Morgan fingerprint density at radius 2 is 1.70 bits per heavy atom. The number of hydrazine groups is 1. The Bertz CT molecular complexity index is 650. The molecule has 1 heterocycles. The molecule has 20 heavy (non-hydrogen) atoms. The lowest BCUT2D eigenvalue weighted by atomic mass is 9.94. The summed E-state index contributed by atoms with van der Waals surface area (Å²) in [5.74, 6) is 5.64. The smallest absolute Gasteiger partial charge is 0.134 e. The minimum Gasteiger partial charge on any atom is -0.466 e. The molecular weight excluding hydrogens is 262 g/mol. The van der Waals surface area contributed by atoms with Gasteiger partial charge in [-0.25, -0.2) is 14.2 Å². The molecular formula is C15H18F2N2O. The summed E-state index contributed by atoms with van der Waals surface area (Å²) in [5, 5.41) is 0. The maximum Gasteiger partial charge on any atom is 0.134 e. The quantitative estimate of drug-likeness (QED) is 0.669. The Kier molecular flexibility index (Phi) is 3.92. The van der Waals surface area contributed by atoms with Gasteiger partial charge in [0.15, 0.2) is 0 Å². The van der Waals surface area contributed by atoms with E-state index in [1.165, 1.54) is 12.1 Å². The van der Waals surface area contributed by atoms with Crippen LogP contribution in [0, 0.1) is 39.3 Å². The molecule has 3 nitrogen and oxygen atoms in total. The first-order valence-electron chi connectivity index (χ1n) is 6.35. The zero-order valence-electron chi connectivity index (χ0n) is 12.0. The summed E-state index contributed by atoms with van der Waals surface area (Å²) in [7, 11) is 0. The van der Waals surface area contributed by atoms with Crippen LogP contribution >= 0.6 is 0 Å². The second kappa shape index (κ2) is 5.34. The number of aryl methyl sites for hydroxylation is 3. The SMILES string of the molecule is Cc1ccc(F)c(C(NN)c2c(C)oc(C)c2C)c1F.